The Morgan fingerprint density at radius 1 is 1.23 bits per heavy atom. The molecule has 0 aliphatic heterocycles. The zero-order valence-corrected chi connectivity index (χ0v) is 13.7. The number of para-hydroxylation sites is 2. The first-order valence-electron chi connectivity index (χ1n) is 7.45. The molecule has 9 heteroatoms. The SMILES string of the molecule is O=Cc1ccc2c(c1)c([N+](=O)[O-])c(-c1nc3ccccc3[nH]c1=O)n2Cl. The third-order valence-electron chi connectivity index (χ3n) is 4.05. The van der Waals surface area contributed by atoms with Crippen molar-refractivity contribution in [3.8, 4) is 11.4 Å². The molecule has 0 fully saturated rings. The fourth-order valence-electron chi connectivity index (χ4n) is 2.91. The molecule has 2 aromatic heterocycles. The largest absolute Gasteiger partial charge is 0.319 e. The van der Waals surface area contributed by atoms with E-state index in [4.69, 9.17) is 11.8 Å². The summed E-state index contributed by atoms with van der Waals surface area (Å²) in [6, 6.07) is 11.1. The molecule has 128 valence electrons. The van der Waals surface area contributed by atoms with Gasteiger partial charge in [-0.15, -0.1) is 0 Å². The minimum absolute atomic E-state index is 0.137. The number of carbonyl (C=O) groups is 1. The first kappa shape index (κ1) is 16.0. The number of H-pyrrole nitrogens is 1. The van der Waals surface area contributed by atoms with Gasteiger partial charge in [-0.05, 0) is 30.3 Å². The van der Waals surface area contributed by atoms with Crippen molar-refractivity contribution in [3.05, 3.63) is 68.5 Å². The molecular formula is C17H9ClN4O4. The maximum Gasteiger partial charge on any atom is 0.305 e. The van der Waals surface area contributed by atoms with Gasteiger partial charge in [0.05, 0.1) is 26.9 Å². The van der Waals surface area contributed by atoms with Gasteiger partial charge in [-0.3, -0.25) is 19.7 Å². The second-order valence-corrected chi connectivity index (χ2v) is 5.90. The number of nitrogens with zero attached hydrogens (tertiary/aromatic N) is 3. The molecule has 0 saturated heterocycles. The van der Waals surface area contributed by atoms with Crippen molar-refractivity contribution in [2.75, 3.05) is 0 Å². The third-order valence-corrected chi connectivity index (χ3v) is 4.40. The Kier molecular flexibility index (Phi) is 3.55. The van der Waals surface area contributed by atoms with Gasteiger partial charge in [0.1, 0.15) is 6.29 Å². The van der Waals surface area contributed by atoms with Gasteiger partial charge in [-0.25, -0.2) is 9.07 Å². The van der Waals surface area contributed by atoms with Crippen molar-refractivity contribution in [2.24, 2.45) is 0 Å². The third kappa shape index (κ3) is 2.27. The van der Waals surface area contributed by atoms with Crippen LogP contribution >= 0.6 is 11.8 Å². The highest BCUT2D eigenvalue weighted by Gasteiger charge is 2.30. The maximum atomic E-state index is 12.5. The van der Waals surface area contributed by atoms with E-state index >= 15 is 0 Å². The standard InChI is InChI=1S/C17H9ClN4O4/c18-21-13-6-5-9(8-23)7-10(13)15(22(25)26)16(21)14-17(24)20-12-4-2-1-3-11(12)19-14/h1-8H,(H,20,24). The number of carbonyl (C=O) groups excluding carboxylic acids is 1. The number of nitro groups is 1. The quantitative estimate of drug-likeness (QED) is 0.339. The molecule has 4 aromatic rings. The van der Waals surface area contributed by atoms with E-state index in [1.165, 1.54) is 18.2 Å². The highest BCUT2D eigenvalue weighted by molar-refractivity contribution is 6.23. The number of hydrogen-bond donors (Lipinski definition) is 1. The molecule has 4 rings (SSSR count). The number of aldehydes is 1. The summed E-state index contributed by atoms with van der Waals surface area (Å²) >= 11 is 6.29. The summed E-state index contributed by atoms with van der Waals surface area (Å²) in [5.41, 5.74) is 0.231. The number of rotatable bonds is 3. The number of halogens is 1. The summed E-state index contributed by atoms with van der Waals surface area (Å²) < 4.78 is 1.02. The molecule has 0 atom stereocenters. The zero-order valence-electron chi connectivity index (χ0n) is 13.0. The molecule has 0 aliphatic rings. The molecule has 0 unspecified atom stereocenters. The average molecular weight is 369 g/mol. The van der Waals surface area contributed by atoms with Crippen LogP contribution in [0, 0.1) is 10.1 Å². The summed E-state index contributed by atoms with van der Waals surface area (Å²) in [5.74, 6) is 0. The molecule has 26 heavy (non-hydrogen) atoms. The van der Waals surface area contributed by atoms with Crippen molar-refractivity contribution < 1.29 is 9.72 Å². The Labute approximate surface area is 149 Å². The fraction of sp³-hybridized carbons (Fsp3) is 0. The molecule has 0 saturated carbocycles. The zero-order chi connectivity index (χ0) is 18.4. The number of hydrogen-bond acceptors (Lipinski definition) is 5. The van der Waals surface area contributed by atoms with Crippen LogP contribution in [0.1, 0.15) is 10.4 Å². The van der Waals surface area contributed by atoms with Crippen LogP contribution in [0.15, 0.2) is 47.3 Å². The molecule has 0 bridgehead atoms. The highest BCUT2D eigenvalue weighted by atomic mass is 35.5. The first-order chi connectivity index (χ1) is 12.5. The van der Waals surface area contributed by atoms with Crippen LogP contribution in [0.2, 0.25) is 0 Å². The molecule has 0 spiro atoms. The normalized spacial score (nSPS) is 11.1. The minimum Gasteiger partial charge on any atom is -0.319 e. The lowest BCUT2D eigenvalue weighted by Gasteiger charge is -2.03. The van der Waals surface area contributed by atoms with Crippen LogP contribution in [0.3, 0.4) is 0 Å². The summed E-state index contributed by atoms with van der Waals surface area (Å²) in [4.78, 5) is 41.5. The van der Waals surface area contributed by atoms with E-state index in [0.29, 0.717) is 22.8 Å². The topological polar surface area (TPSA) is 111 Å². The Hall–Kier alpha value is -3.52. The summed E-state index contributed by atoms with van der Waals surface area (Å²) in [5, 5.41) is 11.9. The van der Waals surface area contributed by atoms with Crippen LogP contribution < -0.4 is 5.56 Å². The Morgan fingerprint density at radius 3 is 2.73 bits per heavy atom. The second-order valence-electron chi connectivity index (χ2n) is 5.56. The van der Waals surface area contributed by atoms with Gasteiger partial charge in [0.15, 0.2) is 11.4 Å². The number of benzene rings is 2. The van der Waals surface area contributed by atoms with Crippen molar-refractivity contribution in [2.45, 2.75) is 0 Å². The summed E-state index contributed by atoms with van der Waals surface area (Å²) in [7, 11) is 0. The lowest BCUT2D eigenvalue weighted by molar-refractivity contribution is -0.382. The number of fused-ring (bicyclic) bond motifs is 2. The van der Waals surface area contributed by atoms with Gasteiger partial charge in [0.2, 0.25) is 0 Å². The van der Waals surface area contributed by atoms with Gasteiger partial charge < -0.3 is 4.98 Å². The van der Waals surface area contributed by atoms with Gasteiger partial charge >= 0.3 is 5.69 Å². The highest BCUT2D eigenvalue weighted by Crippen LogP contribution is 2.39. The van der Waals surface area contributed by atoms with Gasteiger partial charge in [0.25, 0.3) is 5.56 Å². The van der Waals surface area contributed by atoms with Crippen LogP contribution in [0.5, 0.6) is 0 Å². The van der Waals surface area contributed by atoms with E-state index < -0.39 is 10.5 Å². The van der Waals surface area contributed by atoms with E-state index in [2.05, 4.69) is 9.97 Å². The predicted octanol–water partition coefficient (Wildman–Crippen LogP) is 3.27. The van der Waals surface area contributed by atoms with Crippen LogP contribution in [-0.2, 0) is 0 Å². The lowest BCUT2D eigenvalue weighted by atomic mass is 10.1. The Balaban J connectivity index is 2.15. The molecule has 2 aromatic carbocycles. The number of aromatic nitrogens is 3. The van der Waals surface area contributed by atoms with Gasteiger partial charge in [-0.2, -0.15) is 0 Å². The Morgan fingerprint density at radius 2 is 2.00 bits per heavy atom. The first-order valence-corrected chi connectivity index (χ1v) is 7.78. The summed E-state index contributed by atoms with van der Waals surface area (Å²) in [6.45, 7) is 0. The Bertz CT molecular complexity index is 1280. The molecule has 2 heterocycles. The van der Waals surface area contributed by atoms with Crippen molar-refractivity contribution in [3.63, 3.8) is 0 Å². The van der Waals surface area contributed by atoms with Gasteiger partial charge in [-0.1, -0.05) is 12.1 Å². The van der Waals surface area contributed by atoms with E-state index in [0.717, 1.165) is 4.09 Å². The van der Waals surface area contributed by atoms with Gasteiger partial charge in [0, 0.05) is 17.3 Å². The van der Waals surface area contributed by atoms with E-state index in [9.17, 15) is 19.7 Å². The summed E-state index contributed by atoms with van der Waals surface area (Å²) in [6.07, 6.45) is 0.579. The monoisotopic (exact) mass is 368 g/mol. The lowest BCUT2D eigenvalue weighted by Crippen LogP contribution is -2.13. The minimum atomic E-state index is -0.637. The van der Waals surface area contributed by atoms with E-state index in [1.54, 1.807) is 24.3 Å². The second kappa shape index (κ2) is 5.78. The van der Waals surface area contributed by atoms with Crippen molar-refractivity contribution >= 4 is 45.7 Å². The number of aromatic amines is 1. The smallest absolute Gasteiger partial charge is 0.305 e. The van der Waals surface area contributed by atoms with E-state index in [1.807, 2.05) is 0 Å². The molecule has 1 N–H and O–H groups in total. The molecule has 0 aliphatic carbocycles. The van der Waals surface area contributed by atoms with Crippen LogP contribution in [0.4, 0.5) is 5.69 Å². The van der Waals surface area contributed by atoms with Crippen LogP contribution in [0.25, 0.3) is 33.3 Å². The molecule has 0 radical (unpaired) electrons. The van der Waals surface area contributed by atoms with E-state index in [-0.39, 0.29) is 28.0 Å². The molecule has 8 nitrogen and oxygen atoms in total. The predicted molar refractivity (Wildman–Crippen MR) is 96.6 cm³/mol. The van der Waals surface area contributed by atoms with Crippen LogP contribution in [-0.4, -0.2) is 25.3 Å². The average Bonchev–Trinajstić information content (AvgIpc) is 2.93. The molecular weight excluding hydrogens is 360 g/mol. The molecule has 0 amide bonds. The maximum absolute atomic E-state index is 12.5. The van der Waals surface area contributed by atoms with Crippen molar-refractivity contribution in [1.82, 2.24) is 14.1 Å². The fourth-order valence-corrected chi connectivity index (χ4v) is 3.22. The number of nitrogens with one attached hydrogen (secondary N) is 1. The van der Waals surface area contributed by atoms with Crippen molar-refractivity contribution in [1.29, 1.82) is 0 Å².